The molecular formula is C15H18N4O2. The smallest absolute Gasteiger partial charge is 0.263 e. The highest BCUT2D eigenvalue weighted by molar-refractivity contribution is 5.93. The van der Waals surface area contributed by atoms with E-state index >= 15 is 0 Å². The van der Waals surface area contributed by atoms with Crippen molar-refractivity contribution in [1.82, 2.24) is 19.4 Å². The summed E-state index contributed by atoms with van der Waals surface area (Å²) >= 11 is 0. The van der Waals surface area contributed by atoms with Crippen molar-refractivity contribution in [2.24, 2.45) is 7.05 Å². The van der Waals surface area contributed by atoms with E-state index in [2.05, 4.69) is 14.9 Å². The maximum absolute atomic E-state index is 12.0. The zero-order valence-corrected chi connectivity index (χ0v) is 12.0. The van der Waals surface area contributed by atoms with Gasteiger partial charge in [0.05, 0.1) is 0 Å². The van der Waals surface area contributed by atoms with E-state index in [1.54, 1.807) is 31.6 Å². The maximum atomic E-state index is 12.0. The van der Waals surface area contributed by atoms with E-state index in [4.69, 9.17) is 0 Å². The van der Waals surface area contributed by atoms with E-state index in [0.29, 0.717) is 19.0 Å². The molecule has 2 aromatic heterocycles. The SMILES string of the molecule is Cn1cccc(C(=O)NCCn2ccnc2C2CC2)c1=O. The lowest BCUT2D eigenvalue weighted by atomic mass is 10.2. The fraction of sp³-hybridized carbons (Fsp3) is 0.400. The molecule has 6 heteroatoms. The Kier molecular flexibility index (Phi) is 3.60. The van der Waals surface area contributed by atoms with Gasteiger partial charge >= 0.3 is 0 Å². The highest BCUT2D eigenvalue weighted by Crippen LogP contribution is 2.38. The van der Waals surface area contributed by atoms with E-state index < -0.39 is 0 Å². The number of carbonyl (C=O) groups is 1. The summed E-state index contributed by atoms with van der Waals surface area (Å²) in [7, 11) is 1.63. The Morgan fingerprint density at radius 2 is 2.24 bits per heavy atom. The quantitative estimate of drug-likeness (QED) is 0.887. The van der Waals surface area contributed by atoms with Crippen LogP contribution in [0, 0.1) is 0 Å². The van der Waals surface area contributed by atoms with Crippen molar-refractivity contribution in [1.29, 1.82) is 0 Å². The zero-order valence-electron chi connectivity index (χ0n) is 12.0. The monoisotopic (exact) mass is 286 g/mol. The lowest BCUT2D eigenvalue weighted by Gasteiger charge is -2.09. The fourth-order valence-corrected chi connectivity index (χ4v) is 2.37. The molecule has 1 saturated carbocycles. The van der Waals surface area contributed by atoms with Crippen LogP contribution in [0.15, 0.2) is 35.5 Å². The highest BCUT2D eigenvalue weighted by Gasteiger charge is 2.27. The second-order valence-electron chi connectivity index (χ2n) is 5.35. The van der Waals surface area contributed by atoms with Gasteiger partial charge in [-0.15, -0.1) is 0 Å². The Balaban J connectivity index is 1.60. The van der Waals surface area contributed by atoms with Crippen LogP contribution < -0.4 is 10.9 Å². The van der Waals surface area contributed by atoms with Gasteiger partial charge in [0, 0.05) is 44.6 Å². The number of imidazole rings is 1. The molecule has 1 aliphatic carbocycles. The molecule has 6 nitrogen and oxygen atoms in total. The van der Waals surface area contributed by atoms with Gasteiger partial charge in [0.25, 0.3) is 11.5 Å². The molecule has 1 fully saturated rings. The number of aryl methyl sites for hydroxylation is 1. The van der Waals surface area contributed by atoms with Crippen molar-refractivity contribution < 1.29 is 4.79 Å². The molecule has 3 rings (SSSR count). The zero-order chi connectivity index (χ0) is 14.8. The summed E-state index contributed by atoms with van der Waals surface area (Å²) in [5, 5.41) is 2.79. The van der Waals surface area contributed by atoms with Crippen molar-refractivity contribution >= 4 is 5.91 Å². The number of aromatic nitrogens is 3. The number of rotatable bonds is 5. The van der Waals surface area contributed by atoms with Crippen LogP contribution in [-0.4, -0.2) is 26.6 Å². The number of carbonyl (C=O) groups excluding carboxylic acids is 1. The van der Waals surface area contributed by atoms with Crippen molar-refractivity contribution in [3.63, 3.8) is 0 Å². The van der Waals surface area contributed by atoms with E-state index in [-0.39, 0.29) is 17.0 Å². The number of nitrogens with zero attached hydrogens (tertiary/aromatic N) is 3. The second kappa shape index (κ2) is 5.55. The third kappa shape index (κ3) is 2.89. The normalized spacial score (nSPS) is 14.1. The lowest BCUT2D eigenvalue weighted by molar-refractivity contribution is 0.0950. The van der Waals surface area contributed by atoms with Gasteiger partial charge in [-0.1, -0.05) is 0 Å². The Hall–Kier alpha value is -2.37. The molecule has 2 heterocycles. The topological polar surface area (TPSA) is 68.9 Å². The Labute approximate surface area is 122 Å². The molecule has 0 unspecified atom stereocenters. The molecule has 1 amide bonds. The summed E-state index contributed by atoms with van der Waals surface area (Å²) in [6.45, 7) is 1.15. The molecular weight excluding hydrogens is 268 g/mol. The highest BCUT2D eigenvalue weighted by atomic mass is 16.2. The molecule has 0 saturated heterocycles. The maximum Gasteiger partial charge on any atom is 0.263 e. The van der Waals surface area contributed by atoms with Crippen molar-refractivity contribution in [3.8, 4) is 0 Å². The van der Waals surface area contributed by atoms with Gasteiger partial charge in [0.15, 0.2) is 0 Å². The molecule has 0 aromatic carbocycles. The van der Waals surface area contributed by atoms with Gasteiger partial charge in [0.2, 0.25) is 0 Å². The first-order valence-electron chi connectivity index (χ1n) is 7.11. The predicted octanol–water partition coefficient (Wildman–Crippen LogP) is 0.889. The summed E-state index contributed by atoms with van der Waals surface area (Å²) < 4.78 is 3.47. The summed E-state index contributed by atoms with van der Waals surface area (Å²) in [5.41, 5.74) is -0.107. The van der Waals surface area contributed by atoms with E-state index in [0.717, 1.165) is 5.82 Å². The Morgan fingerprint density at radius 3 is 3.00 bits per heavy atom. The molecule has 0 atom stereocenters. The average molecular weight is 286 g/mol. The summed E-state index contributed by atoms with van der Waals surface area (Å²) in [6, 6.07) is 3.24. The molecule has 2 aromatic rings. The van der Waals surface area contributed by atoms with Gasteiger partial charge in [-0.05, 0) is 25.0 Å². The minimum Gasteiger partial charge on any atom is -0.350 e. The number of hydrogen-bond donors (Lipinski definition) is 1. The van der Waals surface area contributed by atoms with Crippen molar-refractivity contribution in [2.75, 3.05) is 6.54 Å². The first kappa shape index (κ1) is 13.6. The van der Waals surface area contributed by atoms with E-state index in [1.807, 2.05) is 6.20 Å². The first-order valence-corrected chi connectivity index (χ1v) is 7.11. The third-order valence-corrected chi connectivity index (χ3v) is 3.70. The second-order valence-corrected chi connectivity index (χ2v) is 5.35. The van der Waals surface area contributed by atoms with Gasteiger partial charge in [0.1, 0.15) is 11.4 Å². The van der Waals surface area contributed by atoms with Crippen LogP contribution >= 0.6 is 0 Å². The van der Waals surface area contributed by atoms with E-state index in [1.165, 1.54) is 17.4 Å². The average Bonchev–Trinajstić information content (AvgIpc) is 3.21. The summed E-state index contributed by atoms with van der Waals surface area (Å²) in [6.07, 6.45) is 7.75. The first-order chi connectivity index (χ1) is 10.2. The molecule has 0 aliphatic heterocycles. The third-order valence-electron chi connectivity index (χ3n) is 3.70. The van der Waals surface area contributed by atoms with Crippen LogP contribution in [0.4, 0.5) is 0 Å². The number of nitrogens with one attached hydrogen (secondary N) is 1. The van der Waals surface area contributed by atoms with Crippen LogP contribution in [0.3, 0.4) is 0 Å². The largest absolute Gasteiger partial charge is 0.350 e. The van der Waals surface area contributed by atoms with Gasteiger partial charge in [-0.2, -0.15) is 0 Å². The molecule has 21 heavy (non-hydrogen) atoms. The van der Waals surface area contributed by atoms with E-state index in [9.17, 15) is 9.59 Å². The fourth-order valence-electron chi connectivity index (χ4n) is 2.37. The molecule has 110 valence electrons. The summed E-state index contributed by atoms with van der Waals surface area (Å²) in [5.74, 6) is 1.35. The number of pyridine rings is 1. The Bertz CT molecular complexity index is 712. The minimum absolute atomic E-state index is 0.174. The number of amides is 1. The lowest BCUT2D eigenvalue weighted by Crippen LogP contribution is -2.33. The summed E-state index contributed by atoms with van der Waals surface area (Å²) in [4.78, 5) is 28.2. The molecule has 0 radical (unpaired) electrons. The molecule has 0 bridgehead atoms. The molecule has 0 spiro atoms. The van der Waals surface area contributed by atoms with Crippen LogP contribution in [0.25, 0.3) is 0 Å². The van der Waals surface area contributed by atoms with Crippen LogP contribution in [0.1, 0.15) is 34.9 Å². The standard InChI is InChI=1S/C15H18N4O2/c1-18-8-2-3-12(15(18)21)14(20)17-7-10-19-9-6-16-13(19)11-4-5-11/h2-3,6,8-9,11H,4-5,7,10H2,1H3,(H,17,20). The van der Waals surface area contributed by atoms with Crippen LogP contribution in [-0.2, 0) is 13.6 Å². The van der Waals surface area contributed by atoms with Crippen LogP contribution in [0.2, 0.25) is 0 Å². The van der Waals surface area contributed by atoms with Gasteiger partial charge in [-0.25, -0.2) is 4.98 Å². The van der Waals surface area contributed by atoms with Gasteiger partial charge < -0.3 is 14.5 Å². The molecule has 1 aliphatic rings. The number of hydrogen-bond acceptors (Lipinski definition) is 3. The van der Waals surface area contributed by atoms with Crippen molar-refractivity contribution in [3.05, 3.63) is 52.5 Å². The minimum atomic E-state index is -0.329. The molecule has 1 N–H and O–H groups in total. The predicted molar refractivity (Wildman–Crippen MR) is 78.2 cm³/mol. The van der Waals surface area contributed by atoms with Gasteiger partial charge in [-0.3, -0.25) is 9.59 Å². The van der Waals surface area contributed by atoms with Crippen molar-refractivity contribution in [2.45, 2.75) is 25.3 Å². The van der Waals surface area contributed by atoms with Crippen LogP contribution in [0.5, 0.6) is 0 Å². The Morgan fingerprint density at radius 1 is 1.43 bits per heavy atom.